The molecular formula is C19H18IN3O2S. The summed E-state index contributed by atoms with van der Waals surface area (Å²) in [6, 6.07) is 15.3. The second-order valence-electron chi connectivity index (χ2n) is 5.69. The summed E-state index contributed by atoms with van der Waals surface area (Å²) in [6.45, 7) is 0.540. The standard InChI is InChI=1S/C19H18IN3O2S/c20-14-7-2-1-6-13(14)19(25)22-12-17(24)21-11-5-10-18-23-15-8-3-4-9-16(15)26-18/h1-4,6-9H,5,10-12H2,(H,21,24)(H,22,25). The van der Waals surface area contributed by atoms with Gasteiger partial charge in [-0.2, -0.15) is 0 Å². The molecule has 5 nitrogen and oxygen atoms in total. The molecule has 2 amide bonds. The molecule has 2 aromatic carbocycles. The first kappa shape index (κ1) is 18.8. The van der Waals surface area contributed by atoms with Crippen molar-refractivity contribution in [1.82, 2.24) is 15.6 Å². The quantitative estimate of drug-likeness (QED) is 0.403. The highest BCUT2D eigenvalue weighted by Crippen LogP contribution is 2.22. The van der Waals surface area contributed by atoms with Crippen LogP contribution in [0.1, 0.15) is 21.8 Å². The fraction of sp³-hybridized carbons (Fsp3) is 0.211. The number of thiazole rings is 1. The molecule has 0 unspecified atom stereocenters. The van der Waals surface area contributed by atoms with Crippen LogP contribution in [0.4, 0.5) is 0 Å². The molecule has 0 aliphatic heterocycles. The van der Waals surface area contributed by atoms with E-state index in [1.54, 1.807) is 23.5 Å². The van der Waals surface area contributed by atoms with Crippen LogP contribution in [-0.4, -0.2) is 29.9 Å². The zero-order chi connectivity index (χ0) is 18.4. The van der Waals surface area contributed by atoms with E-state index in [1.165, 1.54) is 4.70 Å². The van der Waals surface area contributed by atoms with Crippen molar-refractivity contribution in [2.75, 3.05) is 13.1 Å². The monoisotopic (exact) mass is 479 g/mol. The van der Waals surface area contributed by atoms with Crippen LogP contribution in [0.5, 0.6) is 0 Å². The van der Waals surface area contributed by atoms with Gasteiger partial charge < -0.3 is 10.6 Å². The van der Waals surface area contributed by atoms with Crippen molar-refractivity contribution in [1.29, 1.82) is 0 Å². The molecule has 3 aromatic rings. The molecule has 134 valence electrons. The number of amides is 2. The molecule has 1 heterocycles. The molecule has 2 N–H and O–H groups in total. The number of aromatic nitrogens is 1. The number of rotatable bonds is 7. The lowest BCUT2D eigenvalue weighted by atomic mass is 10.2. The Kier molecular flexibility index (Phi) is 6.56. The van der Waals surface area contributed by atoms with Crippen molar-refractivity contribution < 1.29 is 9.59 Å². The molecule has 0 aliphatic rings. The van der Waals surface area contributed by atoms with Gasteiger partial charge in [0.2, 0.25) is 5.91 Å². The van der Waals surface area contributed by atoms with Crippen molar-refractivity contribution in [3.8, 4) is 0 Å². The Morgan fingerprint density at radius 2 is 1.81 bits per heavy atom. The van der Waals surface area contributed by atoms with Gasteiger partial charge in [-0.15, -0.1) is 11.3 Å². The second kappa shape index (κ2) is 9.09. The summed E-state index contributed by atoms with van der Waals surface area (Å²) in [7, 11) is 0. The van der Waals surface area contributed by atoms with E-state index in [9.17, 15) is 9.59 Å². The first-order valence-corrected chi connectivity index (χ1v) is 10.2. The van der Waals surface area contributed by atoms with E-state index in [0.717, 1.165) is 26.9 Å². The van der Waals surface area contributed by atoms with Gasteiger partial charge in [0.05, 0.1) is 27.3 Å². The van der Waals surface area contributed by atoms with Gasteiger partial charge >= 0.3 is 0 Å². The number of carbonyl (C=O) groups excluding carboxylic acids is 2. The lowest BCUT2D eigenvalue weighted by molar-refractivity contribution is -0.120. The summed E-state index contributed by atoms with van der Waals surface area (Å²) in [6.07, 6.45) is 1.64. The van der Waals surface area contributed by atoms with Gasteiger partial charge in [-0.1, -0.05) is 24.3 Å². The van der Waals surface area contributed by atoms with Gasteiger partial charge in [0.1, 0.15) is 0 Å². The highest BCUT2D eigenvalue weighted by Gasteiger charge is 2.10. The third-order valence-corrected chi connectivity index (χ3v) is 5.79. The van der Waals surface area contributed by atoms with Crippen LogP contribution in [-0.2, 0) is 11.2 Å². The topological polar surface area (TPSA) is 71.1 Å². The Morgan fingerprint density at radius 3 is 2.62 bits per heavy atom. The van der Waals surface area contributed by atoms with E-state index < -0.39 is 0 Å². The van der Waals surface area contributed by atoms with Crippen molar-refractivity contribution in [3.05, 3.63) is 62.7 Å². The van der Waals surface area contributed by atoms with Gasteiger partial charge in [-0.05, 0) is 53.3 Å². The van der Waals surface area contributed by atoms with Crippen LogP contribution in [0.25, 0.3) is 10.2 Å². The summed E-state index contributed by atoms with van der Waals surface area (Å²) >= 11 is 3.79. The number of hydrogen-bond acceptors (Lipinski definition) is 4. The Morgan fingerprint density at radius 1 is 1.04 bits per heavy atom. The van der Waals surface area contributed by atoms with Crippen LogP contribution < -0.4 is 10.6 Å². The fourth-order valence-corrected chi connectivity index (χ4v) is 4.10. The molecule has 0 fully saturated rings. The molecule has 3 rings (SSSR count). The molecule has 26 heavy (non-hydrogen) atoms. The molecule has 0 spiro atoms. The number of halogens is 1. The summed E-state index contributed by atoms with van der Waals surface area (Å²) in [5.74, 6) is -0.423. The minimum atomic E-state index is -0.236. The molecule has 0 aliphatic carbocycles. The molecule has 0 saturated carbocycles. The Balaban J connectivity index is 1.37. The second-order valence-corrected chi connectivity index (χ2v) is 7.97. The lowest BCUT2D eigenvalue weighted by Gasteiger charge is -2.07. The fourth-order valence-electron chi connectivity index (χ4n) is 2.46. The predicted octanol–water partition coefficient (Wildman–Crippen LogP) is 3.38. The molecule has 7 heteroatoms. The van der Waals surface area contributed by atoms with E-state index in [4.69, 9.17) is 0 Å². The average molecular weight is 479 g/mol. The number of benzene rings is 2. The van der Waals surface area contributed by atoms with Crippen molar-refractivity contribution in [2.45, 2.75) is 12.8 Å². The maximum absolute atomic E-state index is 12.1. The van der Waals surface area contributed by atoms with Gasteiger partial charge in [-0.3, -0.25) is 9.59 Å². The summed E-state index contributed by atoms with van der Waals surface area (Å²) in [4.78, 5) is 28.5. The summed E-state index contributed by atoms with van der Waals surface area (Å²) in [5.41, 5.74) is 1.60. The summed E-state index contributed by atoms with van der Waals surface area (Å²) in [5, 5.41) is 6.56. The van der Waals surface area contributed by atoms with Crippen molar-refractivity contribution >= 4 is 56.0 Å². The Hall–Kier alpha value is -2.00. The molecular weight excluding hydrogens is 461 g/mol. The van der Waals surface area contributed by atoms with E-state index >= 15 is 0 Å². The van der Waals surface area contributed by atoms with E-state index in [2.05, 4.69) is 44.3 Å². The molecule has 0 bridgehead atoms. The van der Waals surface area contributed by atoms with E-state index in [1.807, 2.05) is 30.3 Å². The number of fused-ring (bicyclic) bond motifs is 1. The van der Waals surface area contributed by atoms with E-state index in [0.29, 0.717) is 12.1 Å². The van der Waals surface area contributed by atoms with Crippen molar-refractivity contribution in [3.63, 3.8) is 0 Å². The van der Waals surface area contributed by atoms with E-state index in [-0.39, 0.29) is 18.4 Å². The van der Waals surface area contributed by atoms with Crippen LogP contribution >= 0.6 is 33.9 Å². The van der Waals surface area contributed by atoms with Gasteiger partial charge in [-0.25, -0.2) is 4.98 Å². The molecule has 0 atom stereocenters. The third-order valence-electron chi connectivity index (χ3n) is 3.76. The van der Waals surface area contributed by atoms with Gasteiger partial charge in [0.25, 0.3) is 5.91 Å². The highest BCUT2D eigenvalue weighted by atomic mass is 127. The summed E-state index contributed by atoms with van der Waals surface area (Å²) < 4.78 is 2.05. The zero-order valence-corrected chi connectivity index (χ0v) is 17.0. The van der Waals surface area contributed by atoms with Crippen molar-refractivity contribution in [2.24, 2.45) is 0 Å². The maximum atomic E-state index is 12.1. The number of carbonyl (C=O) groups is 2. The molecule has 0 radical (unpaired) electrons. The van der Waals surface area contributed by atoms with Crippen LogP contribution in [0.3, 0.4) is 0 Å². The number of nitrogens with one attached hydrogen (secondary N) is 2. The number of para-hydroxylation sites is 1. The maximum Gasteiger partial charge on any atom is 0.252 e. The van der Waals surface area contributed by atoms with Gasteiger partial charge in [0, 0.05) is 16.5 Å². The Labute approximate surface area is 169 Å². The number of hydrogen-bond donors (Lipinski definition) is 2. The SMILES string of the molecule is O=C(CNC(=O)c1ccccc1I)NCCCc1nc2ccccc2s1. The Bertz CT molecular complexity index is 893. The molecule has 0 saturated heterocycles. The zero-order valence-electron chi connectivity index (χ0n) is 14.0. The smallest absolute Gasteiger partial charge is 0.252 e. The minimum absolute atomic E-state index is 0.0229. The number of aryl methyl sites for hydroxylation is 1. The number of nitrogens with zero attached hydrogens (tertiary/aromatic N) is 1. The van der Waals surface area contributed by atoms with Crippen LogP contribution in [0.2, 0.25) is 0 Å². The average Bonchev–Trinajstić information content (AvgIpc) is 3.06. The van der Waals surface area contributed by atoms with Crippen LogP contribution in [0.15, 0.2) is 48.5 Å². The highest BCUT2D eigenvalue weighted by molar-refractivity contribution is 14.1. The lowest BCUT2D eigenvalue weighted by Crippen LogP contribution is -2.37. The largest absolute Gasteiger partial charge is 0.355 e. The first-order valence-electron chi connectivity index (χ1n) is 8.27. The van der Waals surface area contributed by atoms with Gasteiger partial charge in [0.15, 0.2) is 0 Å². The predicted molar refractivity (Wildman–Crippen MR) is 112 cm³/mol. The normalized spacial score (nSPS) is 10.7. The molecule has 1 aromatic heterocycles. The first-order chi connectivity index (χ1) is 12.6. The third kappa shape index (κ3) is 5.01. The van der Waals surface area contributed by atoms with Crippen LogP contribution in [0, 0.1) is 3.57 Å². The minimum Gasteiger partial charge on any atom is -0.355 e.